The van der Waals surface area contributed by atoms with Crippen LogP contribution in [0.15, 0.2) is 27.9 Å². The predicted octanol–water partition coefficient (Wildman–Crippen LogP) is -0.0455. The molecule has 0 saturated heterocycles. The second-order valence-electron chi connectivity index (χ2n) is 5.03. The molecule has 5 heteroatoms. The van der Waals surface area contributed by atoms with Gasteiger partial charge in [-0.1, -0.05) is 12.2 Å². The highest BCUT2D eigenvalue weighted by Gasteiger charge is 2.58. The SMILES string of the molecule is Cc1cn([C@@H]2C=C[C@]3(CO)C[C@H]23)c(=O)[nH]c1=O. The van der Waals surface area contributed by atoms with E-state index in [-0.39, 0.29) is 35.2 Å². The summed E-state index contributed by atoms with van der Waals surface area (Å²) in [5, 5.41) is 9.30. The summed E-state index contributed by atoms with van der Waals surface area (Å²) in [5.41, 5.74) is -0.304. The molecule has 1 heterocycles. The molecule has 2 N–H and O–H groups in total. The Morgan fingerprint density at radius 3 is 2.94 bits per heavy atom. The van der Waals surface area contributed by atoms with E-state index >= 15 is 0 Å². The number of aryl methyl sites for hydroxylation is 1. The van der Waals surface area contributed by atoms with Gasteiger partial charge in [-0.2, -0.15) is 0 Å². The minimum atomic E-state index is -0.379. The number of hydrogen-bond acceptors (Lipinski definition) is 3. The number of rotatable bonds is 2. The smallest absolute Gasteiger partial charge is 0.328 e. The Kier molecular flexibility index (Phi) is 1.98. The number of nitrogens with zero attached hydrogens (tertiary/aromatic N) is 1. The average Bonchev–Trinajstić information content (AvgIpc) is 2.92. The molecule has 2 aliphatic carbocycles. The van der Waals surface area contributed by atoms with Crippen LogP contribution in [0, 0.1) is 18.3 Å². The first-order chi connectivity index (χ1) is 8.07. The maximum absolute atomic E-state index is 11.7. The normalized spacial score (nSPS) is 33.8. The molecule has 90 valence electrons. The van der Waals surface area contributed by atoms with E-state index in [1.165, 1.54) is 0 Å². The summed E-state index contributed by atoms with van der Waals surface area (Å²) in [5.74, 6) is 0.288. The highest BCUT2D eigenvalue weighted by Crippen LogP contribution is 2.63. The van der Waals surface area contributed by atoms with Crippen LogP contribution in [-0.2, 0) is 0 Å². The predicted molar refractivity (Wildman–Crippen MR) is 61.9 cm³/mol. The molecule has 5 nitrogen and oxygen atoms in total. The number of nitrogens with one attached hydrogen (secondary N) is 1. The molecule has 1 saturated carbocycles. The van der Waals surface area contributed by atoms with Crippen LogP contribution in [-0.4, -0.2) is 21.3 Å². The van der Waals surface area contributed by atoms with Gasteiger partial charge < -0.3 is 5.11 Å². The van der Waals surface area contributed by atoms with Crippen LogP contribution in [0.5, 0.6) is 0 Å². The third-order valence-corrected chi connectivity index (χ3v) is 3.98. The lowest BCUT2D eigenvalue weighted by Crippen LogP contribution is -2.33. The molecule has 0 spiro atoms. The van der Waals surface area contributed by atoms with Crippen molar-refractivity contribution in [2.45, 2.75) is 19.4 Å². The molecule has 0 bridgehead atoms. The van der Waals surface area contributed by atoms with Crippen LogP contribution in [0.2, 0.25) is 0 Å². The van der Waals surface area contributed by atoms with Gasteiger partial charge in [-0.05, 0) is 19.3 Å². The number of aliphatic hydroxyl groups excluding tert-OH is 1. The van der Waals surface area contributed by atoms with E-state index in [1.54, 1.807) is 17.7 Å². The Bertz CT molecular complexity index is 613. The van der Waals surface area contributed by atoms with Gasteiger partial charge in [0.15, 0.2) is 0 Å². The van der Waals surface area contributed by atoms with E-state index in [0.717, 1.165) is 6.42 Å². The molecule has 0 unspecified atom stereocenters. The molecule has 3 atom stereocenters. The van der Waals surface area contributed by atoms with Crippen LogP contribution in [0.1, 0.15) is 18.0 Å². The van der Waals surface area contributed by atoms with Crippen LogP contribution in [0.4, 0.5) is 0 Å². The summed E-state index contributed by atoms with van der Waals surface area (Å²) < 4.78 is 1.56. The number of H-pyrrole nitrogens is 1. The van der Waals surface area contributed by atoms with Crippen LogP contribution in [0.3, 0.4) is 0 Å². The van der Waals surface area contributed by atoms with E-state index in [9.17, 15) is 14.7 Å². The Morgan fingerprint density at radius 1 is 1.59 bits per heavy atom. The molecule has 0 aliphatic heterocycles. The van der Waals surface area contributed by atoms with Crippen molar-refractivity contribution < 1.29 is 5.11 Å². The summed E-state index contributed by atoms with van der Waals surface area (Å²) in [6.45, 7) is 1.81. The molecule has 17 heavy (non-hydrogen) atoms. The molecule has 0 aromatic carbocycles. The molecule has 1 aromatic rings. The first-order valence-corrected chi connectivity index (χ1v) is 5.70. The molecule has 2 aliphatic rings. The Hall–Kier alpha value is -1.62. The van der Waals surface area contributed by atoms with Crippen molar-refractivity contribution in [1.82, 2.24) is 9.55 Å². The fraction of sp³-hybridized carbons (Fsp3) is 0.500. The van der Waals surface area contributed by atoms with Gasteiger partial charge in [-0.3, -0.25) is 14.3 Å². The van der Waals surface area contributed by atoms with Crippen molar-refractivity contribution in [3.05, 3.63) is 44.8 Å². The van der Waals surface area contributed by atoms with E-state index in [0.29, 0.717) is 5.56 Å². The maximum Gasteiger partial charge on any atom is 0.328 e. The lowest BCUT2D eigenvalue weighted by atomic mass is 10.1. The standard InChI is InChI=1S/C12H14N2O3/c1-7-5-14(11(17)13-10(7)16)9-2-3-12(6-15)4-8(9)12/h2-3,5,8-9,15H,4,6H2,1H3,(H,13,16,17)/t8-,9-,12-/m1/s1. The van der Waals surface area contributed by atoms with Gasteiger partial charge in [0.25, 0.3) is 5.56 Å². The zero-order chi connectivity index (χ0) is 12.2. The maximum atomic E-state index is 11.7. The summed E-state index contributed by atoms with van der Waals surface area (Å²) in [6, 6.07) is -0.0369. The van der Waals surface area contributed by atoms with Crippen molar-refractivity contribution >= 4 is 0 Å². The van der Waals surface area contributed by atoms with Gasteiger partial charge in [-0.15, -0.1) is 0 Å². The summed E-state index contributed by atoms with van der Waals surface area (Å²) in [6.07, 6.45) is 6.45. The number of aromatic nitrogens is 2. The molecule has 3 rings (SSSR count). The van der Waals surface area contributed by atoms with Crippen molar-refractivity contribution in [2.75, 3.05) is 6.61 Å². The van der Waals surface area contributed by atoms with Gasteiger partial charge in [0.2, 0.25) is 0 Å². The number of allylic oxidation sites excluding steroid dienone is 1. The fourth-order valence-electron chi connectivity index (χ4n) is 2.76. The van der Waals surface area contributed by atoms with E-state index in [2.05, 4.69) is 4.98 Å². The van der Waals surface area contributed by atoms with Crippen LogP contribution in [0.25, 0.3) is 0 Å². The first-order valence-electron chi connectivity index (χ1n) is 5.70. The Morgan fingerprint density at radius 2 is 2.35 bits per heavy atom. The quantitative estimate of drug-likeness (QED) is 0.705. The van der Waals surface area contributed by atoms with Crippen molar-refractivity contribution in [2.24, 2.45) is 11.3 Å². The topological polar surface area (TPSA) is 75.1 Å². The monoisotopic (exact) mass is 234 g/mol. The minimum absolute atomic E-state index is 0.0369. The van der Waals surface area contributed by atoms with Crippen molar-refractivity contribution in [3.63, 3.8) is 0 Å². The van der Waals surface area contributed by atoms with Gasteiger partial charge in [0, 0.05) is 17.2 Å². The molecular weight excluding hydrogens is 220 g/mol. The van der Waals surface area contributed by atoms with E-state index in [4.69, 9.17) is 0 Å². The zero-order valence-electron chi connectivity index (χ0n) is 9.51. The van der Waals surface area contributed by atoms with Crippen LogP contribution < -0.4 is 11.2 Å². The zero-order valence-corrected chi connectivity index (χ0v) is 9.51. The molecule has 0 radical (unpaired) electrons. The number of aromatic amines is 1. The lowest BCUT2D eigenvalue weighted by Gasteiger charge is -2.13. The van der Waals surface area contributed by atoms with E-state index < -0.39 is 0 Å². The minimum Gasteiger partial charge on any atom is -0.395 e. The average molecular weight is 234 g/mol. The van der Waals surface area contributed by atoms with Crippen molar-refractivity contribution in [3.8, 4) is 0 Å². The molecular formula is C12H14N2O3. The largest absolute Gasteiger partial charge is 0.395 e. The molecule has 0 amide bonds. The van der Waals surface area contributed by atoms with Gasteiger partial charge in [-0.25, -0.2) is 4.79 Å². The Balaban J connectivity index is 2.03. The summed E-state index contributed by atoms with van der Waals surface area (Å²) in [4.78, 5) is 25.3. The molecule has 1 aromatic heterocycles. The second-order valence-corrected chi connectivity index (χ2v) is 5.03. The van der Waals surface area contributed by atoms with Gasteiger partial charge in [0.05, 0.1) is 12.6 Å². The second kappa shape index (κ2) is 3.20. The summed E-state index contributed by atoms with van der Waals surface area (Å²) in [7, 11) is 0. The third-order valence-electron chi connectivity index (χ3n) is 3.98. The number of aliphatic hydroxyl groups is 1. The summed E-state index contributed by atoms with van der Waals surface area (Å²) >= 11 is 0. The Labute approximate surface area is 97.4 Å². The number of fused-ring (bicyclic) bond motifs is 1. The number of hydrogen-bond donors (Lipinski definition) is 2. The highest BCUT2D eigenvalue weighted by molar-refractivity contribution is 5.28. The third kappa shape index (κ3) is 1.35. The van der Waals surface area contributed by atoms with Crippen LogP contribution >= 0.6 is 0 Å². The highest BCUT2D eigenvalue weighted by atomic mass is 16.3. The van der Waals surface area contributed by atoms with E-state index in [1.807, 2.05) is 12.2 Å². The van der Waals surface area contributed by atoms with Gasteiger partial charge in [0.1, 0.15) is 0 Å². The van der Waals surface area contributed by atoms with Crippen molar-refractivity contribution in [1.29, 1.82) is 0 Å². The van der Waals surface area contributed by atoms with Gasteiger partial charge >= 0.3 is 5.69 Å². The first kappa shape index (κ1) is 10.5. The molecule has 1 fully saturated rings. The lowest BCUT2D eigenvalue weighted by molar-refractivity contribution is 0.230. The fourth-order valence-corrected chi connectivity index (χ4v) is 2.76.